The summed E-state index contributed by atoms with van der Waals surface area (Å²) >= 11 is 0. The van der Waals surface area contributed by atoms with Crippen LogP contribution in [0.25, 0.3) is 0 Å². The van der Waals surface area contributed by atoms with Crippen molar-refractivity contribution in [2.24, 2.45) is 5.92 Å². The Morgan fingerprint density at radius 1 is 1.12 bits per heavy atom. The van der Waals surface area contributed by atoms with E-state index in [0.717, 1.165) is 19.4 Å². The summed E-state index contributed by atoms with van der Waals surface area (Å²) in [6.07, 6.45) is 11.3. The highest BCUT2D eigenvalue weighted by Crippen LogP contribution is 2.27. The molecular formula is C14H25NO. The second kappa shape index (κ2) is 8.58. The number of rotatable bonds is 8. The van der Waals surface area contributed by atoms with E-state index >= 15 is 0 Å². The predicted octanol–water partition coefficient (Wildman–Crippen LogP) is 4.06. The lowest BCUT2D eigenvalue weighted by molar-refractivity contribution is 0.0389. The number of hydrogen-bond donors (Lipinski definition) is 0. The Morgan fingerprint density at radius 3 is 2.62 bits per heavy atom. The molecule has 0 N–H and O–H groups in total. The van der Waals surface area contributed by atoms with E-state index in [4.69, 9.17) is 10.00 Å². The first kappa shape index (κ1) is 13.5. The third-order valence-corrected chi connectivity index (χ3v) is 3.45. The Labute approximate surface area is 100.0 Å². The van der Waals surface area contributed by atoms with Gasteiger partial charge in [0.2, 0.25) is 0 Å². The average Bonchev–Trinajstić information content (AvgIpc) is 2.75. The van der Waals surface area contributed by atoms with Gasteiger partial charge >= 0.3 is 0 Å². The fourth-order valence-corrected chi connectivity index (χ4v) is 2.39. The molecule has 0 bridgehead atoms. The maximum Gasteiger partial charge on any atom is 0.0733 e. The Kier molecular flexibility index (Phi) is 7.25. The van der Waals surface area contributed by atoms with E-state index in [9.17, 15) is 0 Å². The van der Waals surface area contributed by atoms with Crippen LogP contribution in [0.1, 0.15) is 64.7 Å². The van der Waals surface area contributed by atoms with Gasteiger partial charge in [-0.2, -0.15) is 5.26 Å². The number of nitrogens with zero attached hydrogens (tertiary/aromatic N) is 1. The predicted molar refractivity (Wildman–Crippen MR) is 66.1 cm³/mol. The Balaban J connectivity index is 1.93. The van der Waals surface area contributed by atoms with Gasteiger partial charge in [0.1, 0.15) is 0 Å². The Hall–Kier alpha value is -0.550. The molecule has 2 heteroatoms. The summed E-state index contributed by atoms with van der Waals surface area (Å²) in [5.41, 5.74) is 0. The molecule has 0 aromatic heterocycles. The molecule has 0 aromatic carbocycles. The third-order valence-electron chi connectivity index (χ3n) is 3.45. The fourth-order valence-electron chi connectivity index (χ4n) is 2.39. The molecule has 0 heterocycles. The molecule has 0 amide bonds. The smallest absolute Gasteiger partial charge is 0.0733 e. The largest absolute Gasteiger partial charge is 0.377 e. The molecule has 1 fully saturated rings. The highest BCUT2D eigenvalue weighted by molar-refractivity contribution is 4.93. The van der Waals surface area contributed by atoms with Gasteiger partial charge in [-0.15, -0.1) is 0 Å². The molecule has 16 heavy (non-hydrogen) atoms. The third kappa shape index (κ3) is 4.99. The van der Waals surface area contributed by atoms with E-state index in [1.165, 1.54) is 44.9 Å². The molecule has 1 saturated carbocycles. The van der Waals surface area contributed by atoms with E-state index in [0.29, 0.717) is 0 Å². The molecule has 0 spiro atoms. The zero-order valence-corrected chi connectivity index (χ0v) is 10.6. The summed E-state index contributed by atoms with van der Waals surface area (Å²) in [6, 6.07) is 2.36. The zero-order valence-electron chi connectivity index (χ0n) is 10.6. The van der Waals surface area contributed by atoms with Crippen LogP contribution >= 0.6 is 0 Å². The maximum atomic E-state index is 8.91. The minimum atomic E-state index is 0.167. The number of nitriles is 1. The summed E-state index contributed by atoms with van der Waals surface area (Å²) < 4.78 is 5.79. The molecule has 1 aliphatic rings. The highest BCUT2D eigenvalue weighted by atomic mass is 16.5. The summed E-state index contributed by atoms with van der Waals surface area (Å²) in [5.74, 6) is 0.167. The first-order valence-corrected chi connectivity index (χ1v) is 6.89. The van der Waals surface area contributed by atoms with Gasteiger partial charge in [0, 0.05) is 6.61 Å². The van der Waals surface area contributed by atoms with Crippen LogP contribution in [0.15, 0.2) is 0 Å². The van der Waals surface area contributed by atoms with Gasteiger partial charge < -0.3 is 4.74 Å². The first-order valence-electron chi connectivity index (χ1n) is 6.89. The van der Waals surface area contributed by atoms with Crippen LogP contribution in [0.2, 0.25) is 0 Å². The summed E-state index contributed by atoms with van der Waals surface area (Å²) in [5, 5.41) is 8.91. The molecule has 1 rings (SSSR count). The lowest BCUT2D eigenvalue weighted by Crippen LogP contribution is -2.17. The highest BCUT2D eigenvalue weighted by Gasteiger charge is 2.27. The lowest BCUT2D eigenvalue weighted by Gasteiger charge is -2.14. The molecule has 2 unspecified atom stereocenters. The van der Waals surface area contributed by atoms with Gasteiger partial charge in [-0.05, 0) is 25.7 Å². The van der Waals surface area contributed by atoms with Gasteiger partial charge in [0.25, 0.3) is 0 Å². The SMILES string of the molecule is CCCCCCCCOC1CCCC1C#N. The van der Waals surface area contributed by atoms with Crippen molar-refractivity contribution in [1.29, 1.82) is 5.26 Å². The summed E-state index contributed by atoms with van der Waals surface area (Å²) in [7, 11) is 0. The van der Waals surface area contributed by atoms with Crippen LogP contribution in [0, 0.1) is 17.2 Å². The van der Waals surface area contributed by atoms with Gasteiger partial charge in [0.15, 0.2) is 0 Å². The van der Waals surface area contributed by atoms with E-state index in [1.54, 1.807) is 0 Å². The maximum absolute atomic E-state index is 8.91. The van der Waals surface area contributed by atoms with Crippen molar-refractivity contribution < 1.29 is 4.74 Å². The fraction of sp³-hybridized carbons (Fsp3) is 0.929. The van der Waals surface area contributed by atoms with Gasteiger partial charge in [-0.3, -0.25) is 0 Å². The second-order valence-corrected chi connectivity index (χ2v) is 4.84. The van der Waals surface area contributed by atoms with Crippen LogP contribution in [0.4, 0.5) is 0 Å². The zero-order chi connectivity index (χ0) is 11.6. The molecular weight excluding hydrogens is 198 g/mol. The van der Waals surface area contributed by atoms with Gasteiger partial charge in [0.05, 0.1) is 18.1 Å². The van der Waals surface area contributed by atoms with Crippen molar-refractivity contribution in [3.63, 3.8) is 0 Å². The van der Waals surface area contributed by atoms with Crippen molar-refractivity contribution >= 4 is 0 Å². The van der Waals surface area contributed by atoms with Crippen molar-refractivity contribution in [2.75, 3.05) is 6.61 Å². The first-order chi connectivity index (χ1) is 7.88. The molecule has 0 radical (unpaired) electrons. The van der Waals surface area contributed by atoms with Gasteiger partial charge in [-0.1, -0.05) is 39.0 Å². The number of hydrogen-bond acceptors (Lipinski definition) is 2. The number of unbranched alkanes of at least 4 members (excludes halogenated alkanes) is 5. The lowest BCUT2D eigenvalue weighted by atomic mass is 10.1. The van der Waals surface area contributed by atoms with Crippen LogP contribution in [-0.4, -0.2) is 12.7 Å². The normalized spacial score (nSPS) is 24.5. The van der Waals surface area contributed by atoms with Crippen molar-refractivity contribution in [1.82, 2.24) is 0 Å². The topological polar surface area (TPSA) is 33.0 Å². The van der Waals surface area contributed by atoms with Crippen molar-refractivity contribution in [3.8, 4) is 6.07 Å². The van der Waals surface area contributed by atoms with E-state index < -0.39 is 0 Å². The van der Waals surface area contributed by atoms with E-state index in [1.807, 2.05) is 0 Å². The van der Waals surface area contributed by atoms with Crippen molar-refractivity contribution in [2.45, 2.75) is 70.8 Å². The van der Waals surface area contributed by atoms with Gasteiger partial charge in [-0.25, -0.2) is 0 Å². The van der Waals surface area contributed by atoms with Crippen molar-refractivity contribution in [3.05, 3.63) is 0 Å². The van der Waals surface area contributed by atoms with Crippen LogP contribution in [-0.2, 0) is 4.74 Å². The molecule has 1 aliphatic carbocycles. The molecule has 2 atom stereocenters. The number of ether oxygens (including phenoxy) is 1. The van der Waals surface area contributed by atoms with E-state index in [-0.39, 0.29) is 12.0 Å². The van der Waals surface area contributed by atoms with E-state index in [2.05, 4.69) is 13.0 Å². The molecule has 2 nitrogen and oxygen atoms in total. The van der Waals surface area contributed by atoms with Crippen LogP contribution < -0.4 is 0 Å². The average molecular weight is 223 g/mol. The second-order valence-electron chi connectivity index (χ2n) is 4.84. The minimum absolute atomic E-state index is 0.167. The molecule has 0 aromatic rings. The molecule has 0 aliphatic heterocycles. The monoisotopic (exact) mass is 223 g/mol. The Bertz CT molecular complexity index is 209. The van der Waals surface area contributed by atoms with Crippen LogP contribution in [0.5, 0.6) is 0 Å². The Morgan fingerprint density at radius 2 is 1.88 bits per heavy atom. The summed E-state index contributed by atoms with van der Waals surface area (Å²) in [6.45, 7) is 3.10. The van der Waals surface area contributed by atoms with Crippen LogP contribution in [0.3, 0.4) is 0 Å². The standard InChI is InChI=1S/C14H25NO/c1-2-3-4-5-6-7-11-16-14-10-8-9-13(14)12-15/h13-14H,2-11H2,1H3. The molecule has 0 saturated heterocycles. The minimum Gasteiger partial charge on any atom is -0.377 e. The summed E-state index contributed by atoms with van der Waals surface area (Å²) in [4.78, 5) is 0. The molecule has 92 valence electrons. The quantitative estimate of drug-likeness (QED) is 0.581.